The molecule has 0 bridgehead atoms. The highest BCUT2D eigenvalue weighted by molar-refractivity contribution is 5.15. The number of hydrogen-bond acceptors (Lipinski definition) is 3. The molecule has 0 aromatic heterocycles. The highest BCUT2D eigenvalue weighted by Crippen LogP contribution is 2.69. The Morgan fingerprint density at radius 1 is 0.875 bits per heavy atom. The third-order valence-corrected chi connectivity index (χ3v) is 11.4. The summed E-state index contributed by atoms with van der Waals surface area (Å²) >= 11 is 0. The molecule has 3 nitrogen and oxygen atoms in total. The van der Waals surface area contributed by atoms with Crippen LogP contribution in [0.5, 0.6) is 0 Å². The Balaban J connectivity index is 1.64. The second kappa shape index (κ2) is 9.46. The number of halogens is 1. The second-order valence-electron chi connectivity index (χ2n) is 12.5. The predicted octanol–water partition coefficient (Wildman–Crippen LogP) is 6.68. The summed E-state index contributed by atoms with van der Waals surface area (Å²) in [6.07, 6.45) is 10.5. The average Bonchev–Trinajstić information content (AvgIpc) is 3.13. The third-order valence-electron chi connectivity index (χ3n) is 11.4. The minimum absolute atomic E-state index is 0.165. The van der Waals surface area contributed by atoms with Crippen molar-refractivity contribution in [3.63, 3.8) is 0 Å². The molecule has 0 saturated heterocycles. The number of methoxy groups -OCH3 is 3. The lowest BCUT2D eigenvalue weighted by molar-refractivity contribution is -0.218. The molecule has 4 rings (SSSR count). The van der Waals surface area contributed by atoms with Crippen molar-refractivity contribution in [2.45, 2.75) is 110 Å². The number of hydrogen-bond donors (Lipinski definition) is 0. The Hall–Kier alpha value is -0.190. The van der Waals surface area contributed by atoms with E-state index in [-0.39, 0.29) is 5.41 Å². The van der Waals surface area contributed by atoms with Gasteiger partial charge < -0.3 is 14.2 Å². The van der Waals surface area contributed by atoms with Gasteiger partial charge in [0.2, 0.25) is 0 Å². The number of fused-ring (bicyclic) bond motifs is 5. The first-order valence-electron chi connectivity index (χ1n) is 13.4. The molecule has 12 atom stereocenters. The monoisotopic (exact) mass is 452 g/mol. The summed E-state index contributed by atoms with van der Waals surface area (Å²) in [7, 11) is 5.76. The first kappa shape index (κ1) is 24.9. The SMILES string of the molecule is CO[C@@H]1CC[C@@]2(C)[C@H](C1)C[C@@H](OC)[C@@H]1[C@@H]2C[C@H](OC)[C@]2(C)[C@@H]([C@H](C)CCC(C)F)CC[C@@H]12. The highest BCUT2D eigenvalue weighted by atomic mass is 19.1. The van der Waals surface area contributed by atoms with Crippen LogP contribution in [0.4, 0.5) is 4.39 Å². The summed E-state index contributed by atoms with van der Waals surface area (Å²) in [6, 6.07) is 0. The van der Waals surface area contributed by atoms with E-state index in [1.807, 2.05) is 21.3 Å². The zero-order valence-electron chi connectivity index (χ0n) is 21.7. The van der Waals surface area contributed by atoms with Crippen LogP contribution in [0.2, 0.25) is 0 Å². The fourth-order valence-corrected chi connectivity index (χ4v) is 9.57. The molecule has 4 heteroatoms. The van der Waals surface area contributed by atoms with Crippen molar-refractivity contribution in [3.8, 4) is 0 Å². The van der Waals surface area contributed by atoms with E-state index in [9.17, 15) is 4.39 Å². The first-order chi connectivity index (χ1) is 15.2. The van der Waals surface area contributed by atoms with Gasteiger partial charge in [0.25, 0.3) is 0 Å². The molecule has 1 unspecified atom stereocenters. The lowest BCUT2D eigenvalue weighted by atomic mass is 9.43. The van der Waals surface area contributed by atoms with Gasteiger partial charge in [0.1, 0.15) is 0 Å². The van der Waals surface area contributed by atoms with Crippen LogP contribution in [0.25, 0.3) is 0 Å². The Morgan fingerprint density at radius 2 is 1.62 bits per heavy atom. The molecule has 4 aliphatic rings. The lowest BCUT2D eigenvalue weighted by Gasteiger charge is -2.64. The minimum atomic E-state index is -0.702. The largest absolute Gasteiger partial charge is 0.381 e. The summed E-state index contributed by atoms with van der Waals surface area (Å²) in [5.41, 5.74) is 0.527. The standard InChI is InChI=1S/C28H49FO3/c1-17(8-9-18(2)29)21-10-11-22-26-23(16-25(32-7)28(21,22)4)27(3)13-12-20(30-5)14-19(27)15-24(26)31-6/h17-26H,8-16H2,1-7H3/t17-,18?,19-,20-,21-,22+,23+,24-,25+,26+,27+,28-/m1/s1. The molecule has 0 aromatic rings. The fourth-order valence-electron chi connectivity index (χ4n) is 9.57. The maximum Gasteiger partial charge on any atom is 0.0973 e. The van der Waals surface area contributed by atoms with E-state index < -0.39 is 6.17 Å². The highest BCUT2D eigenvalue weighted by Gasteiger charge is 2.66. The summed E-state index contributed by atoms with van der Waals surface area (Å²) in [5, 5.41) is 0. The molecule has 4 saturated carbocycles. The molecular formula is C28H49FO3. The maximum absolute atomic E-state index is 13.6. The van der Waals surface area contributed by atoms with Crippen molar-refractivity contribution in [3.05, 3.63) is 0 Å². The molecule has 0 heterocycles. The maximum atomic E-state index is 13.6. The third kappa shape index (κ3) is 3.88. The van der Waals surface area contributed by atoms with Gasteiger partial charge in [-0.25, -0.2) is 4.39 Å². The van der Waals surface area contributed by atoms with Crippen molar-refractivity contribution in [1.29, 1.82) is 0 Å². The minimum Gasteiger partial charge on any atom is -0.381 e. The zero-order valence-corrected chi connectivity index (χ0v) is 21.7. The van der Waals surface area contributed by atoms with E-state index in [1.54, 1.807) is 6.92 Å². The van der Waals surface area contributed by atoms with Crippen molar-refractivity contribution in [2.75, 3.05) is 21.3 Å². The van der Waals surface area contributed by atoms with Crippen molar-refractivity contribution < 1.29 is 18.6 Å². The van der Waals surface area contributed by atoms with E-state index in [1.165, 1.54) is 38.5 Å². The van der Waals surface area contributed by atoms with Crippen LogP contribution < -0.4 is 0 Å². The number of alkyl halides is 1. The number of rotatable bonds is 7. The Kier molecular flexibility index (Phi) is 7.36. The van der Waals surface area contributed by atoms with Crippen LogP contribution in [-0.4, -0.2) is 45.8 Å². The molecule has 0 spiro atoms. The van der Waals surface area contributed by atoms with Crippen LogP contribution in [-0.2, 0) is 14.2 Å². The number of ether oxygens (including phenoxy) is 3. The van der Waals surface area contributed by atoms with Crippen LogP contribution in [0.1, 0.15) is 85.5 Å². The molecule has 0 radical (unpaired) electrons. The molecule has 4 aliphatic carbocycles. The van der Waals surface area contributed by atoms with E-state index in [0.717, 1.165) is 12.8 Å². The van der Waals surface area contributed by atoms with Gasteiger partial charge in [-0.05, 0) is 106 Å². The predicted molar refractivity (Wildman–Crippen MR) is 127 cm³/mol. The van der Waals surface area contributed by atoms with Crippen LogP contribution >= 0.6 is 0 Å². The Bertz CT molecular complexity index is 640. The van der Waals surface area contributed by atoms with Crippen LogP contribution in [0, 0.1) is 46.3 Å². The van der Waals surface area contributed by atoms with Gasteiger partial charge in [-0.15, -0.1) is 0 Å². The lowest BCUT2D eigenvalue weighted by Crippen LogP contribution is -2.63. The van der Waals surface area contributed by atoms with Crippen LogP contribution in [0.3, 0.4) is 0 Å². The van der Waals surface area contributed by atoms with Crippen molar-refractivity contribution >= 4 is 0 Å². The fraction of sp³-hybridized carbons (Fsp3) is 1.00. The molecule has 0 aromatic carbocycles. The smallest absolute Gasteiger partial charge is 0.0973 e. The topological polar surface area (TPSA) is 27.7 Å². The van der Waals surface area contributed by atoms with Gasteiger partial charge in [-0.1, -0.05) is 20.8 Å². The zero-order chi connectivity index (χ0) is 23.3. The van der Waals surface area contributed by atoms with E-state index >= 15 is 0 Å². The molecule has 32 heavy (non-hydrogen) atoms. The molecule has 0 aliphatic heterocycles. The Labute approximate surface area is 196 Å². The van der Waals surface area contributed by atoms with E-state index in [4.69, 9.17) is 14.2 Å². The van der Waals surface area contributed by atoms with Gasteiger partial charge >= 0.3 is 0 Å². The second-order valence-corrected chi connectivity index (χ2v) is 12.5. The average molecular weight is 453 g/mol. The van der Waals surface area contributed by atoms with Gasteiger partial charge in [-0.2, -0.15) is 0 Å². The van der Waals surface area contributed by atoms with Gasteiger partial charge in [0, 0.05) is 26.7 Å². The quantitative estimate of drug-likeness (QED) is 0.431. The van der Waals surface area contributed by atoms with Gasteiger partial charge in [-0.3, -0.25) is 0 Å². The molecular weight excluding hydrogens is 403 g/mol. The van der Waals surface area contributed by atoms with E-state index in [2.05, 4.69) is 20.8 Å². The normalized spacial score (nSPS) is 50.2. The first-order valence-corrected chi connectivity index (χ1v) is 13.4. The van der Waals surface area contributed by atoms with Crippen molar-refractivity contribution in [2.24, 2.45) is 46.3 Å². The summed E-state index contributed by atoms with van der Waals surface area (Å²) < 4.78 is 32.1. The summed E-state index contributed by atoms with van der Waals surface area (Å²) in [5.74, 6) is 3.76. The Morgan fingerprint density at radius 3 is 2.25 bits per heavy atom. The molecule has 186 valence electrons. The summed E-state index contributed by atoms with van der Waals surface area (Å²) in [6.45, 7) is 9.19. The van der Waals surface area contributed by atoms with Gasteiger partial charge in [0.15, 0.2) is 0 Å². The molecule has 4 fully saturated rings. The molecule has 0 N–H and O–H groups in total. The van der Waals surface area contributed by atoms with E-state index in [0.29, 0.717) is 65.7 Å². The molecule has 0 amide bonds. The van der Waals surface area contributed by atoms with Crippen molar-refractivity contribution in [1.82, 2.24) is 0 Å². The summed E-state index contributed by atoms with van der Waals surface area (Å²) in [4.78, 5) is 0. The van der Waals surface area contributed by atoms with Gasteiger partial charge in [0.05, 0.1) is 24.5 Å². The van der Waals surface area contributed by atoms with Crippen LogP contribution in [0.15, 0.2) is 0 Å².